The Bertz CT molecular complexity index is 1270. The Labute approximate surface area is 192 Å². The van der Waals surface area contributed by atoms with Gasteiger partial charge in [0.25, 0.3) is 0 Å². The molecule has 3 heterocycles. The number of H-pyrrole nitrogens is 1. The fraction of sp³-hybridized carbons (Fsp3) is 0.385. The summed E-state index contributed by atoms with van der Waals surface area (Å²) in [4.78, 5) is 23.1. The number of likely N-dealkylation sites (tertiary alicyclic amines) is 1. The van der Waals surface area contributed by atoms with Gasteiger partial charge in [-0.1, -0.05) is 0 Å². The maximum Gasteiger partial charge on any atom is 0.337 e. The number of hydrogen-bond donors (Lipinski definition) is 3. The van der Waals surface area contributed by atoms with Gasteiger partial charge in [0.05, 0.1) is 29.5 Å². The van der Waals surface area contributed by atoms with Crippen LogP contribution in [-0.4, -0.2) is 58.7 Å². The third-order valence-electron chi connectivity index (χ3n) is 7.90. The summed E-state index contributed by atoms with van der Waals surface area (Å²) in [6.45, 7) is 1.56. The number of carbonyl (C=O) groups is 1. The summed E-state index contributed by atoms with van der Waals surface area (Å²) in [6, 6.07) is 9.90. The fourth-order valence-electron chi connectivity index (χ4n) is 5.92. The average Bonchev–Trinajstić information content (AvgIpc) is 3.42. The summed E-state index contributed by atoms with van der Waals surface area (Å²) in [7, 11) is 3.71. The molecule has 1 aliphatic heterocycles. The number of aromatic nitrogens is 2. The highest BCUT2D eigenvalue weighted by Gasteiger charge is 2.64. The largest absolute Gasteiger partial charge is 0.497 e. The number of nitrogens with zero attached hydrogens (tertiary/aromatic N) is 2. The molecule has 0 amide bonds. The van der Waals surface area contributed by atoms with Crippen molar-refractivity contribution in [2.75, 3.05) is 27.2 Å². The molecule has 4 N–H and O–H groups in total. The Kier molecular flexibility index (Phi) is 4.29. The van der Waals surface area contributed by atoms with E-state index in [9.17, 15) is 9.90 Å². The van der Waals surface area contributed by atoms with Crippen LogP contribution in [0, 0.1) is 0 Å². The number of aryl methyl sites for hydroxylation is 1. The molecule has 7 nitrogen and oxygen atoms in total. The maximum absolute atomic E-state index is 12.5. The molecule has 33 heavy (non-hydrogen) atoms. The zero-order valence-electron chi connectivity index (χ0n) is 18.9. The van der Waals surface area contributed by atoms with Crippen LogP contribution in [0.4, 0.5) is 0 Å². The molecule has 3 aromatic rings. The van der Waals surface area contributed by atoms with Crippen LogP contribution < -0.4 is 10.5 Å². The topological polar surface area (TPSA) is 104 Å². The first-order valence-electron chi connectivity index (χ1n) is 11.4. The first kappa shape index (κ1) is 20.4. The number of carboxylic acids is 1. The number of hydrogen-bond acceptors (Lipinski definition) is 5. The Morgan fingerprint density at radius 2 is 1.94 bits per heavy atom. The van der Waals surface area contributed by atoms with E-state index in [0.29, 0.717) is 12.0 Å². The highest BCUT2D eigenvalue weighted by molar-refractivity contribution is 5.95. The second kappa shape index (κ2) is 6.92. The number of fused-ring (bicyclic) bond motifs is 3. The molecule has 0 unspecified atom stereocenters. The van der Waals surface area contributed by atoms with Gasteiger partial charge in [0.15, 0.2) is 0 Å². The van der Waals surface area contributed by atoms with Crippen molar-refractivity contribution in [3.8, 4) is 28.3 Å². The summed E-state index contributed by atoms with van der Waals surface area (Å²) in [5, 5.41) is 10.3. The van der Waals surface area contributed by atoms with Crippen molar-refractivity contribution < 1.29 is 14.6 Å². The minimum Gasteiger partial charge on any atom is -0.497 e. The lowest BCUT2D eigenvalue weighted by atomic mass is 9.68. The van der Waals surface area contributed by atoms with Crippen LogP contribution in [0.25, 0.3) is 22.5 Å². The van der Waals surface area contributed by atoms with Crippen molar-refractivity contribution in [3.05, 3.63) is 58.9 Å². The van der Waals surface area contributed by atoms with Crippen LogP contribution in [-0.2, 0) is 18.3 Å². The second-order valence-corrected chi connectivity index (χ2v) is 9.90. The van der Waals surface area contributed by atoms with Gasteiger partial charge in [0.1, 0.15) is 5.75 Å². The number of benzene rings is 1. The van der Waals surface area contributed by atoms with Gasteiger partial charge in [0.2, 0.25) is 0 Å². The summed E-state index contributed by atoms with van der Waals surface area (Å²) < 4.78 is 5.27. The molecule has 0 spiro atoms. The molecule has 170 valence electrons. The van der Waals surface area contributed by atoms with Crippen LogP contribution in [0.3, 0.4) is 0 Å². The van der Waals surface area contributed by atoms with Gasteiger partial charge in [-0.2, -0.15) is 0 Å². The fourth-order valence-corrected chi connectivity index (χ4v) is 5.92. The van der Waals surface area contributed by atoms with E-state index in [2.05, 4.69) is 23.0 Å². The minimum atomic E-state index is -0.867. The van der Waals surface area contributed by atoms with Gasteiger partial charge >= 0.3 is 5.97 Å². The highest BCUT2D eigenvalue weighted by atomic mass is 16.5. The number of methoxy groups -OCH3 is 1. The molecule has 0 radical (unpaired) electrons. The molecule has 1 saturated heterocycles. The van der Waals surface area contributed by atoms with Crippen molar-refractivity contribution in [1.29, 1.82) is 0 Å². The molecule has 1 saturated carbocycles. The smallest absolute Gasteiger partial charge is 0.337 e. The molecule has 0 bridgehead atoms. The van der Waals surface area contributed by atoms with Gasteiger partial charge in [-0.15, -0.1) is 0 Å². The second-order valence-electron chi connectivity index (χ2n) is 9.90. The van der Waals surface area contributed by atoms with E-state index in [1.165, 1.54) is 0 Å². The average molecular weight is 445 g/mol. The van der Waals surface area contributed by atoms with Crippen molar-refractivity contribution >= 4 is 5.97 Å². The van der Waals surface area contributed by atoms with Gasteiger partial charge in [-0.25, -0.2) is 4.79 Å². The van der Waals surface area contributed by atoms with Gasteiger partial charge in [-0.05, 0) is 74.2 Å². The van der Waals surface area contributed by atoms with E-state index in [0.717, 1.165) is 77.4 Å². The molecule has 2 aliphatic carbocycles. The summed E-state index contributed by atoms with van der Waals surface area (Å²) in [5.41, 5.74) is 13.2. The SMILES string of the molecule is COc1ccc(-c2cc3c(cn2)CCc2c-3[nH]c(C3(C4(N)CC4)CN(C)C3)c2C(=O)O)cc1. The minimum absolute atomic E-state index is 0.327. The first-order chi connectivity index (χ1) is 15.8. The van der Waals surface area contributed by atoms with Gasteiger partial charge < -0.3 is 25.5 Å². The van der Waals surface area contributed by atoms with Crippen molar-refractivity contribution in [2.24, 2.45) is 5.73 Å². The molecule has 2 fully saturated rings. The third-order valence-corrected chi connectivity index (χ3v) is 7.90. The lowest BCUT2D eigenvalue weighted by Gasteiger charge is -2.52. The number of likely N-dealkylation sites (N-methyl/N-ethyl adjacent to an activating group) is 1. The van der Waals surface area contributed by atoms with Crippen molar-refractivity contribution in [2.45, 2.75) is 36.6 Å². The van der Waals surface area contributed by atoms with Crippen LogP contribution in [0.5, 0.6) is 5.75 Å². The van der Waals surface area contributed by atoms with E-state index in [1.807, 2.05) is 30.5 Å². The maximum atomic E-state index is 12.5. The number of carboxylic acid groups (broad SMARTS) is 1. The van der Waals surface area contributed by atoms with Crippen LogP contribution in [0.1, 0.15) is 40.0 Å². The number of nitrogens with one attached hydrogen (secondary N) is 1. The molecule has 0 atom stereocenters. The Hall–Kier alpha value is -3.16. The van der Waals surface area contributed by atoms with E-state index in [1.54, 1.807) is 7.11 Å². The quantitative estimate of drug-likeness (QED) is 0.558. The normalized spacial score (nSPS) is 19.8. The zero-order chi connectivity index (χ0) is 23.0. The summed E-state index contributed by atoms with van der Waals surface area (Å²) >= 11 is 0. The van der Waals surface area contributed by atoms with Crippen LogP contribution in [0.15, 0.2) is 36.5 Å². The number of aromatic amines is 1. The number of rotatable bonds is 5. The number of ether oxygens (including phenoxy) is 1. The van der Waals surface area contributed by atoms with E-state index in [4.69, 9.17) is 15.5 Å². The number of aromatic carboxylic acids is 1. The number of nitrogens with two attached hydrogens (primary N) is 1. The molecule has 7 heteroatoms. The predicted molar refractivity (Wildman–Crippen MR) is 126 cm³/mol. The Balaban J connectivity index is 1.50. The first-order valence-corrected chi connectivity index (χ1v) is 11.4. The molecular formula is C26H28N4O3. The summed E-state index contributed by atoms with van der Waals surface area (Å²) in [5.74, 6) is -0.0702. The van der Waals surface area contributed by atoms with Gasteiger partial charge in [-0.3, -0.25) is 4.98 Å². The van der Waals surface area contributed by atoms with Crippen LogP contribution in [0.2, 0.25) is 0 Å². The molecule has 6 rings (SSSR count). The summed E-state index contributed by atoms with van der Waals surface area (Å²) in [6.07, 6.45) is 5.26. The van der Waals surface area contributed by atoms with E-state index in [-0.39, 0.29) is 11.0 Å². The molecule has 2 aromatic heterocycles. The highest BCUT2D eigenvalue weighted by Crippen LogP contribution is 2.55. The standard InChI is InChI=1S/C26H28N4O3/c1-30-13-25(14-30,26(27)9-10-26)23-21(24(31)32)18-8-5-16-12-28-20(11-19(16)22(18)29-23)15-3-6-17(33-2)7-4-15/h3-4,6-7,11-12,29H,5,8-10,13-14,27H2,1-2H3,(H,31,32). The van der Waals surface area contributed by atoms with Crippen molar-refractivity contribution in [1.82, 2.24) is 14.9 Å². The van der Waals surface area contributed by atoms with E-state index < -0.39 is 5.97 Å². The third kappa shape index (κ3) is 2.89. The van der Waals surface area contributed by atoms with Crippen molar-refractivity contribution in [3.63, 3.8) is 0 Å². The van der Waals surface area contributed by atoms with E-state index >= 15 is 0 Å². The van der Waals surface area contributed by atoms with Gasteiger partial charge in [0, 0.05) is 41.6 Å². The Morgan fingerprint density at radius 1 is 1.21 bits per heavy atom. The monoisotopic (exact) mass is 444 g/mol. The number of pyridine rings is 1. The lowest BCUT2D eigenvalue weighted by Crippen LogP contribution is -2.68. The molecule has 1 aromatic carbocycles. The zero-order valence-corrected chi connectivity index (χ0v) is 18.9. The van der Waals surface area contributed by atoms with Crippen LogP contribution >= 0.6 is 0 Å². The molecule has 3 aliphatic rings. The Morgan fingerprint density at radius 3 is 2.55 bits per heavy atom. The molecular weight excluding hydrogens is 416 g/mol. The predicted octanol–water partition coefficient (Wildman–Crippen LogP) is 3.22. The lowest BCUT2D eigenvalue weighted by molar-refractivity contribution is 0.0541.